The number of thioether (sulfide) groups is 1. The second-order valence-electron chi connectivity index (χ2n) is 4.76. The molecule has 4 nitrogen and oxygen atoms in total. The van der Waals surface area contributed by atoms with Gasteiger partial charge in [-0.2, -0.15) is 0 Å². The van der Waals surface area contributed by atoms with Gasteiger partial charge in [-0.05, 0) is 36.7 Å². The van der Waals surface area contributed by atoms with Gasteiger partial charge in [-0.25, -0.2) is 9.97 Å². The highest BCUT2D eigenvalue weighted by molar-refractivity contribution is 7.98. The molecule has 1 heterocycles. The van der Waals surface area contributed by atoms with Crippen LogP contribution in [0.4, 0.5) is 0 Å². The molecule has 0 spiro atoms. The first-order valence-corrected chi connectivity index (χ1v) is 7.99. The SMILES string of the molecule is CCNCc1ccc(OC)c(CSc2ncc(C)cn2)c1. The maximum atomic E-state index is 5.44. The zero-order valence-electron chi connectivity index (χ0n) is 12.7. The van der Waals surface area contributed by atoms with E-state index in [1.54, 1.807) is 18.9 Å². The van der Waals surface area contributed by atoms with E-state index in [9.17, 15) is 0 Å². The molecule has 21 heavy (non-hydrogen) atoms. The summed E-state index contributed by atoms with van der Waals surface area (Å²) in [5.41, 5.74) is 3.50. The smallest absolute Gasteiger partial charge is 0.187 e. The van der Waals surface area contributed by atoms with Crippen LogP contribution in [0.1, 0.15) is 23.6 Å². The van der Waals surface area contributed by atoms with E-state index in [1.807, 2.05) is 25.4 Å². The number of nitrogens with zero attached hydrogens (tertiary/aromatic N) is 2. The Labute approximate surface area is 130 Å². The topological polar surface area (TPSA) is 47.0 Å². The van der Waals surface area contributed by atoms with E-state index in [-0.39, 0.29) is 0 Å². The fourth-order valence-corrected chi connectivity index (χ4v) is 2.69. The fourth-order valence-electron chi connectivity index (χ4n) is 1.92. The standard InChI is InChI=1S/C16H21N3OS/c1-4-17-10-13-5-6-15(20-3)14(7-13)11-21-16-18-8-12(2)9-19-16/h5-9,17H,4,10-11H2,1-3H3. The first kappa shape index (κ1) is 15.8. The molecule has 2 rings (SSSR count). The predicted octanol–water partition coefficient (Wildman–Crippen LogP) is 3.20. The van der Waals surface area contributed by atoms with Crippen molar-refractivity contribution in [2.75, 3.05) is 13.7 Å². The minimum Gasteiger partial charge on any atom is -0.496 e. The summed E-state index contributed by atoms with van der Waals surface area (Å²) < 4.78 is 5.44. The summed E-state index contributed by atoms with van der Waals surface area (Å²) in [4.78, 5) is 8.64. The number of hydrogen-bond acceptors (Lipinski definition) is 5. The Morgan fingerprint density at radius 1 is 1.24 bits per heavy atom. The Balaban J connectivity index is 2.07. The molecule has 0 fully saturated rings. The van der Waals surface area contributed by atoms with Crippen molar-refractivity contribution in [1.82, 2.24) is 15.3 Å². The molecule has 0 saturated carbocycles. The molecule has 0 unspecified atom stereocenters. The summed E-state index contributed by atoms with van der Waals surface area (Å²) in [6.07, 6.45) is 3.68. The van der Waals surface area contributed by atoms with Gasteiger partial charge in [-0.3, -0.25) is 0 Å². The van der Waals surface area contributed by atoms with E-state index in [0.29, 0.717) is 0 Å². The molecule has 1 aromatic carbocycles. The predicted molar refractivity (Wildman–Crippen MR) is 86.7 cm³/mol. The number of aryl methyl sites for hydroxylation is 1. The van der Waals surface area contributed by atoms with E-state index in [0.717, 1.165) is 35.3 Å². The molecule has 0 radical (unpaired) electrons. The zero-order valence-corrected chi connectivity index (χ0v) is 13.5. The quantitative estimate of drug-likeness (QED) is 0.629. The highest BCUT2D eigenvalue weighted by Crippen LogP contribution is 2.27. The minimum absolute atomic E-state index is 0.791. The van der Waals surface area contributed by atoms with Crippen LogP contribution in [0.2, 0.25) is 0 Å². The van der Waals surface area contributed by atoms with Gasteiger partial charge < -0.3 is 10.1 Å². The maximum Gasteiger partial charge on any atom is 0.187 e. The maximum absolute atomic E-state index is 5.44. The highest BCUT2D eigenvalue weighted by atomic mass is 32.2. The Bertz CT molecular complexity index is 572. The van der Waals surface area contributed by atoms with E-state index in [4.69, 9.17) is 4.74 Å². The van der Waals surface area contributed by atoms with Crippen molar-refractivity contribution in [3.8, 4) is 5.75 Å². The molecule has 0 aliphatic heterocycles. The lowest BCUT2D eigenvalue weighted by atomic mass is 10.1. The minimum atomic E-state index is 0.791. The fraction of sp³-hybridized carbons (Fsp3) is 0.375. The van der Waals surface area contributed by atoms with Crippen molar-refractivity contribution < 1.29 is 4.74 Å². The Hall–Kier alpha value is -1.59. The molecule has 2 aromatic rings. The van der Waals surface area contributed by atoms with Gasteiger partial charge in [0.15, 0.2) is 5.16 Å². The monoisotopic (exact) mass is 303 g/mol. The van der Waals surface area contributed by atoms with Gasteiger partial charge in [0.25, 0.3) is 0 Å². The third kappa shape index (κ3) is 4.72. The number of nitrogens with one attached hydrogen (secondary N) is 1. The summed E-state index contributed by atoms with van der Waals surface area (Å²) in [6, 6.07) is 6.30. The summed E-state index contributed by atoms with van der Waals surface area (Å²) in [5, 5.41) is 4.13. The Morgan fingerprint density at radius 2 is 2.00 bits per heavy atom. The van der Waals surface area contributed by atoms with E-state index in [1.165, 1.54) is 11.1 Å². The second kappa shape index (κ2) is 8.00. The molecule has 112 valence electrons. The normalized spacial score (nSPS) is 10.6. The first-order chi connectivity index (χ1) is 10.2. The van der Waals surface area contributed by atoms with E-state index >= 15 is 0 Å². The molecule has 0 aliphatic carbocycles. The lowest BCUT2D eigenvalue weighted by Gasteiger charge is -2.10. The van der Waals surface area contributed by atoms with Crippen LogP contribution in [0.15, 0.2) is 35.7 Å². The molecule has 0 saturated heterocycles. The van der Waals surface area contributed by atoms with Gasteiger partial charge in [0, 0.05) is 30.3 Å². The van der Waals surface area contributed by atoms with Crippen molar-refractivity contribution >= 4 is 11.8 Å². The van der Waals surface area contributed by atoms with Gasteiger partial charge in [-0.15, -0.1) is 0 Å². The third-order valence-corrected chi connectivity index (χ3v) is 3.96. The zero-order chi connectivity index (χ0) is 15.1. The average molecular weight is 303 g/mol. The number of ether oxygens (including phenoxy) is 1. The first-order valence-electron chi connectivity index (χ1n) is 7.01. The Kier molecular flexibility index (Phi) is 6.02. The van der Waals surface area contributed by atoms with Crippen LogP contribution in [0.25, 0.3) is 0 Å². The van der Waals surface area contributed by atoms with Crippen LogP contribution in [0, 0.1) is 6.92 Å². The summed E-state index contributed by atoms with van der Waals surface area (Å²) in [6.45, 7) is 5.93. The number of hydrogen-bond donors (Lipinski definition) is 1. The van der Waals surface area contributed by atoms with Gasteiger partial charge in [0.1, 0.15) is 5.75 Å². The molecule has 1 aromatic heterocycles. The van der Waals surface area contributed by atoms with Crippen LogP contribution < -0.4 is 10.1 Å². The summed E-state index contributed by atoms with van der Waals surface area (Å²) >= 11 is 1.62. The van der Waals surface area contributed by atoms with Gasteiger partial charge in [-0.1, -0.05) is 24.8 Å². The lowest BCUT2D eigenvalue weighted by molar-refractivity contribution is 0.411. The van der Waals surface area contributed by atoms with Gasteiger partial charge >= 0.3 is 0 Å². The van der Waals surface area contributed by atoms with Crippen molar-refractivity contribution in [3.63, 3.8) is 0 Å². The van der Waals surface area contributed by atoms with Crippen LogP contribution in [0.5, 0.6) is 5.75 Å². The molecule has 0 bridgehead atoms. The number of rotatable bonds is 7. The molecule has 1 N–H and O–H groups in total. The number of methoxy groups -OCH3 is 1. The van der Waals surface area contributed by atoms with Crippen LogP contribution in [0.3, 0.4) is 0 Å². The molecular formula is C16H21N3OS. The lowest BCUT2D eigenvalue weighted by Crippen LogP contribution is -2.11. The molecule has 5 heteroatoms. The third-order valence-electron chi connectivity index (χ3n) is 3.04. The van der Waals surface area contributed by atoms with Crippen molar-refractivity contribution in [2.24, 2.45) is 0 Å². The Morgan fingerprint density at radius 3 is 2.67 bits per heavy atom. The van der Waals surface area contributed by atoms with Crippen molar-refractivity contribution in [3.05, 3.63) is 47.3 Å². The van der Waals surface area contributed by atoms with Gasteiger partial charge in [0.2, 0.25) is 0 Å². The van der Waals surface area contributed by atoms with Crippen molar-refractivity contribution in [1.29, 1.82) is 0 Å². The molecular weight excluding hydrogens is 282 g/mol. The van der Waals surface area contributed by atoms with Crippen LogP contribution >= 0.6 is 11.8 Å². The molecule has 0 amide bonds. The van der Waals surface area contributed by atoms with Crippen LogP contribution in [-0.4, -0.2) is 23.6 Å². The number of benzene rings is 1. The average Bonchev–Trinajstić information content (AvgIpc) is 2.52. The van der Waals surface area contributed by atoms with Gasteiger partial charge in [0.05, 0.1) is 7.11 Å². The van der Waals surface area contributed by atoms with Crippen LogP contribution in [-0.2, 0) is 12.3 Å². The van der Waals surface area contributed by atoms with E-state index < -0.39 is 0 Å². The summed E-state index contributed by atoms with van der Waals surface area (Å²) in [5.74, 6) is 1.71. The molecule has 0 aliphatic rings. The number of aromatic nitrogens is 2. The molecule has 0 atom stereocenters. The summed E-state index contributed by atoms with van der Waals surface area (Å²) in [7, 11) is 1.70. The van der Waals surface area contributed by atoms with Crippen molar-refractivity contribution in [2.45, 2.75) is 31.3 Å². The second-order valence-corrected chi connectivity index (χ2v) is 5.70. The largest absolute Gasteiger partial charge is 0.496 e. The highest BCUT2D eigenvalue weighted by Gasteiger charge is 2.06. The van der Waals surface area contributed by atoms with E-state index in [2.05, 4.69) is 34.3 Å².